The van der Waals surface area contributed by atoms with Gasteiger partial charge in [-0.3, -0.25) is 0 Å². The third-order valence-corrected chi connectivity index (χ3v) is 3.64. The third kappa shape index (κ3) is 2.59. The van der Waals surface area contributed by atoms with Gasteiger partial charge in [-0.1, -0.05) is 12.2 Å². The molecule has 0 saturated carbocycles. The predicted octanol–water partition coefficient (Wildman–Crippen LogP) is 3.86. The van der Waals surface area contributed by atoms with Crippen LogP contribution in [-0.2, 0) is 0 Å². The van der Waals surface area contributed by atoms with Crippen LogP contribution in [0.2, 0.25) is 0 Å². The Morgan fingerprint density at radius 1 is 1.38 bits per heavy atom. The van der Waals surface area contributed by atoms with Crippen molar-refractivity contribution in [2.45, 2.75) is 32.2 Å². The molecule has 1 aromatic rings. The molecule has 1 aliphatic carbocycles. The summed E-state index contributed by atoms with van der Waals surface area (Å²) in [6, 6.07) is 4.62. The number of nitrogen functional groups attached to an aromatic ring is 1. The third-order valence-electron chi connectivity index (χ3n) is 2.98. The number of anilines is 2. The number of rotatable bonds is 2. The molecule has 2 nitrogen and oxygen atoms in total. The maximum absolute atomic E-state index is 5.85. The van der Waals surface area contributed by atoms with Gasteiger partial charge in [-0.15, -0.1) is 0 Å². The van der Waals surface area contributed by atoms with Gasteiger partial charge in [-0.25, -0.2) is 0 Å². The van der Waals surface area contributed by atoms with E-state index in [1.807, 2.05) is 13.0 Å². The minimum atomic E-state index is 0.546. The topological polar surface area (TPSA) is 38.0 Å². The van der Waals surface area contributed by atoms with E-state index in [1.54, 1.807) is 0 Å². The van der Waals surface area contributed by atoms with E-state index in [2.05, 4.69) is 39.5 Å². The summed E-state index contributed by atoms with van der Waals surface area (Å²) in [5.74, 6) is 0. The zero-order valence-corrected chi connectivity index (χ0v) is 11.0. The molecule has 0 aromatic heterocycles. The van der Waals surface area contributed by atoms with Crippen molar-refractivity contribution < 1.29 is 0 Å². The van der Waals surface area contributed by atoms with Crippen LogP contribution in [-0.4, -0.2) is 6.04 Å². The second-order valence-corrected chi connectivity index (χ2v) is 5.17. The summed E-state index contributed by atoms with van der Waals surface area (Å²) in [5.41, 5.74) is 8.96. The SMILES string of the molecule is Cc1cc(NC2CC=CCC2)c(Br)cc1N. The molecule has 0 aliphatic heterocycles. The molecule has 0 heterocycles. The lowest BCUT2D eigenvalue weighted by Gasteiger charge is -2.22. The molecule has 1 aromatic carbocycles. The normalized spacial score (nSPS) is 19.8. The highest BCUT2D eigenvalue weighted by Crippen LogP contribution is 2.29. The fourth-order valence-corrected chi connectivity index (χ4v) is 2.43. The van der Waals surface area contributed by atoms with Crippen molar-refractivity contribution in [1.82, 2.24) is 0 Å². The van der Waals surface area contributed by atoms with Gasteiger partial charge in [0.05, 0.1) is 0 Å². The molecule has 86 valence electrons. The summed E-state index contributed by atoms with van der Waals surface area (Å²) in [6.45, 7) is 2.04. The molecule has 1 atom stereocenters. The van der Waals surface area contributed by atoms with Gasteiger partial charge in [0.15, 0.2) is 0 Å². The Balaban J connectivity index is 2.14. The average molecular weight is 281 g/mol. The lowest BCUT2D eigenvalue weighted by molar-refractivity contribution is 0.644. The van der Waals surface area contributed by atoms with Crippen LogP contribution < -0.4 is 11.1 Å². The summed E-state index contributed by atoms with van der Waals surface area (Å²) in [6.07, 6.45) is 7.98. The van der Waals surface area contributed by atoms with Crippen molar-refractivity contribution in [2.75, 3.05) is 11.1 Å². The number of hydrogen-bond acceptors (Lipinski definition) is 2. The summed E-state index contributed by atoms with van der Waals surface area (Å²) in [7, 11) is 0. The Kier molecular flexibility index (Phi) is 3.54. The number of nitrogens with one attached hydrogen (secondary N) is 1. The average Bonchev–Trinajstić information content (AvgIpc) is 2.27. The molecule has 2 rings (SSSR count). The number of halogens is 1. The first-order valence-corrected chi connectivity index (χ1v) is 6.43. The summed E-state index contributed by atoms with van der Waals surface area (Å²) < 4.78 is 1.05. The van der Waals surface area contributed by atoms with Gasteiger partial charge in [0.1, 0.15) is 0 Å². The number of aryl methyl sites for hydroxylation is 1. The van der Waals surface area contributed by atoms with Crippen molar-refractivity contribution in [3.63, 3.8) is 0 Å². The molecule has 0 spiro atoms. The molecule has 0 bridgehead atoms. The molecule has 1 unspecified atom stereocenters. The molecule has 3 heteroatoms. The van der Waals surface area contributed by atoms with Crippen LogP contribution in [0.4, 0.5) is 11.4 Å². The molecule has 0 amide bonds. The van der Waals surface area contributed by atoms with Crippen molar-refractivity contribution >= 4 is 27.3 Å². The van der Waals surface area contributed by atoms with Crippen molar-refractivity contribution in [3.8, 4) is 0 Å². The number of nitrogens with two attached hydrogens (primary N) is 1. The van der Waals surface area contributed by atoms with Crippen LogP contribution in [0.3, 0.4) is 0 Å². The molecule has 0 saturated heterocycles. The fourth-order valence-electron chi connectivity index (χ4n) is 1.95. The van der Waals surface area contributed by atoms with E-state index in [0.29, 0.717) is 6.04 Å². The Labute approximate surface area is 105 Å². The minimum absolute atomic E-state index is 0.546. The van der Waals surface area contributed by atoms with Crippen molar-refractivity contribution in [2.24, 2.45) is 0 Å². The Hall–Kier alpha value is -0.960. The van der Waals surface area contributed by atoms with Crippen LogP contribution in [0.1, 0.15) is 24.8 Å². The smallest absolute Gasteiger partial charge is 0.0491 e. The highest BCUT2D eigenvalue weighted by molar-refractivity contribution is 9.10. The highest BCUT2D eigenvalue weighted by atomic mass is 79.9. The summed E-state index contributed by atoms with van der Waals surface area (Å²) >= 11 is 3.55. The Morgan fingerprint density at radius 3 is 2.88 bits per heavy atom. The number of allylic oxidation sites excluding steroid dienone is 1. The summed E-state index contributed by atoms with van der Waals surface area (Å²) in [5, 5.41) is 3.56. The van der Waals surface area contributed by atoms with Gasteiger partial charge < -0.3 is 11.1 Å². The van der Waals surface area contributed by atoms with E-state index in [-0.39, 0.29) is 0 Å². The van der Waals surface area contributed by atoms with Crippen LogP contribution >= 0.6 is 15.9 Å². The monoisotopic (exact) mass is 280 g/mol. The molecular formula is C13H17BrN2. The predicted molar refractivity (Wildman–Crippen MR) is 73.7 cm³/mol. The van der Waals surface area contributed by atoms with Gasteiger partial charge in [-0.2, -0.15) is 0 Å². The molecule has 0 fully saturated rings. The maximum atomic E-state index is 5.85. The first-order chi connectivity index (χ1) is 7.66. The lowest BCUT2D eigenvalue weighted by atomic mass is 10.0. The Morgan fingerprint density at radius 2 is 2.19 bits per heavy atom. The lowest BCUT2D eigenvalue weighted by Crippen LogP contribution is -2.20. The largest absolute Gasteiger partial charge is 0.398 e. The van der Waals surface area contributed by atoms with E-state index in [9.17, 15) is 0 Å². The second-order valence-electron chi connectivity index (χ2n) is 4.31. The van der Waals surface area contributed by atoms with Gasteiger partial charge in [0.25, 0.3) is 0 Å². The fraction of sp³-hybridized carbons (Fsp3) is 0.385. The van der Waals surface area contributed by atoms with E-state index < -0.39 is 0 Å². The quantitative estimate of drug-likeness (QED) is 0.638. The number of hydrogen-bond donors (Lipinski definition) is 2. The molecule has 0 radical (unpaired) electrons. The Bertz CT molecular complexity index is 413. The van der Waals surface area contributed by atoms with Crippen LogP contribution in [0.5, 0.6) is 0 Å². The molecule has 3 N–H and O–H groups in total. The van der Waals surface area contributed by atoms with Gasteiger partial charge in [-0.05, 0) is 59.8 Å². The van der Waals surface area contributed by atoms with Crippen molar-refractivity contribution in [3.05, 3.63) is 34.3 Å². The van der Waals surface area contributed by atoms with Crippen LogP contribution in [0, 0.1) is 6.92 Å². The van der Waals surface area contributed by atoms with E-state index in [0.717, 1.165) is 27.8 Å². The zero-order chi connectivity index (χ0) is 11.5. The van der Waals surface area contributed by atoms with Gasteiger partial charge in [0, 0.05) is 21.9 Å². The van der Waals surface area contributed by atoms with Gasteiger partial charge >= 0.3 is 0 Å². The van der Waals surface area contributed by atoms with Crippen LogP contribution in [0.15, 0.2) is 28.8 Å². The molecule has 16 heavy (non-hydrogen) atoms. The van der Waals surface area contributed by atoms with E-state index in [1.165, 1.54) is 12.8 Å². The summed E-state index contributed by atoms with van der Waals surface area (Å²) in [4.78, 5) is 0. The number of benzene rings is 1. The van der Waals surface area contributed by atoms with E-state index in [4.69, 9.17) is 5.73 Å². The van der Waals surface area contributed by atoms with Crippen molar-refractivity contribution in [1.29, 1.82) is 0 Å². The molecular weight excluding hydrogens is 264 g/mol. The standard InChI is InChI=1S/C13H17BrN2/c1-9-7-13(11(14)8-12(9)15)16-10-5-3-2-4-6-10/h2-3,7-8,10,16H,4-6,15H2,1H3. The first-order valence-electron chi connectivity index (χ1n) is 5.64. The van der Waals surface area contributed by atoms with Gasteiger partial charge in [0.2, 0.25) is 0 Å². The van der Waals surface area contributed by atoms with E-state index >= 15 is 0 Å². The highest BCUT2D eigenvalue weighted by Gasteiger charge is 2.11. The first kappa shape index (κ1) is 11.5. The maximum Gasteiger partial charge on any atom is 0.0491 e. The second kappa shape index (κ2) is 4.91. The zero-order valence-electron chi connectivity index (χ0n) is 9.46. The minimum Gasteiger partial charge on any atom is -0.398 e. The van der Waals surface area contributed by atoms with Crippen LogP contribution in [0.25, 0.3) is 0 Å². The molecule has 1 aliphatic rings.